The van der Waals surface area contributed by atoms with Crippen molar-refractivity contribution in [1.29, 1.82) is 0 Å². The van der Waals surface area contributed by atoms with Gasteiger partial charge >= 0.3 is 0 Å². The van der Waals surface area contributed by atoms with Gasteiger partial charge in [-0.25, -0.2) is 14.4 Å². The minimum Gasteiger partial charge on any atom is -0.493 e. The number of aromatic nitrogens is 2. The maximum Gasteiger partial charge on any atom is 0.269 e. The number of nitrogens with zero attached hydrogens (tertiary/aromatic N) is 3. The lowest BCUT2D eigenvalue weighted by Crippen LogP contribution is -2.42. The Morgan fingerprint density at radius 1 is 1.10 bits per heavy atom. The summed E-state index contributed by atoms with van der Waals surface area (Å²) in [6, 6.07) is 16.5. The fourth-order valence-electron chi connectivity index (χ4n) is 4.33. The minimum absolute atomic E-state index is 0.0165. The molecule has 0 fully saturated rings. The molecule has 1 aliphatic rings. The van der Waals surface area contributed by atoms with Crippen molar-refractivity contribution in [3.63, 3.8) is 0 Å². The number of rotatable bonds is 8. The first kappa shape index (κ1) is 29.0. The van der Waals surface area contributed by atoms with Crippen molar-refractivity contribution >= 4 is 46.4 Å². The Hall–Kier alpha value is -4.54. The summed E-state index contributed by atoms with van der Waals surface area (Å²) in [4.78, 5) is 39.7. The second-order valence-electron chi connectivity index (χ2n) is 9.15. The molecule has 4 aromatic rings. The molecule has 0 radical (unpaired) electrons. The Morgan fingerprint density at radius 2 is 1.90 bits per heavy atom. The summed E-state index contributed by atoms with van der Waals surface area (Å²) in [5.41, 5.74) is 2.78. The Labute approximate surface area is 250 Å². The summed E-state index contributed by atoms with van der Waals surface area (Å²) >= 11 is 12.9. The van der Waals surface area contributed by atoms with Gasteiger partial charge in [0.1, 0.15) is 23.7 Å². The number of pyridine rings is 2. The third-order valence-electron chi connectivity index (χ3n) is 6.14. The van der Waals surface area contributed by atoms with Gasteiger partial charge in [0.2, 0.25) is 12.0 Å². The molecule has 214 valence electrons. The number of ether oxygens (including phenoxy) is 2. The molecule has 2 aromatic carbocycles. The fraction of sp³-hybridized carbons (Fsp3) is 0.167. The van der Waals surface area contributed by atoms with Crippen LogP contribution in [0.3, 0.4) is 0 Å². The van der Waals surface area contributed by atoms with Crippen LogP contribution in [0, 0.1) is 12.7 Å². The molecule has 0 bridgehead atoms. The van der Waals surface area contributed by atoms with Crippen LogP contribution in [0.2, 0.25) is 10.0 Å². The monoisotopic (exact) mass is 607 g/mol. The predicted octanol–water partition coefficient (Wildman–Crippen LogP) is 5.75. The van der Waals surface area contributed by atoms with Gasteiger partial charge in [-0.2, -0.15) is 0 Å². The average molecular weight is 608 g/mol. The first-order valence-electron chi connectivity index (χ1n) is 12.9. The number of fused-ring (bicyclic) bond motifs is 1. The Balaban J connectivity index is 1.52. The molecule has 1 atom stereocenters. The molecule has 1 unspecified atom stereocenters. The van der Waals surface area contributed by atoms with E-state index < -0.39 is 23.8 Å². The molecule has 42 heavy (non-hydrogen) atoms. The number of nitrogens with one attached hydrogen (secondary N) is 2. The number of benzene rings is 2. The predicted molar refractivity (Wildman–Crippen MR) is 157 cm³/mol. The lowest BCUT2D eigenvalue weighted by Gasteiger charge is -2.17. The van der Waals surface area contributed by atoms with Crippen molar-refractivity contribution in [1.82, 2.24) is 15.3 Å². The highest BCUT2D eigenvalue weighted by Crippen LogP contribution is 2.36. The number of carbonyl (C=O) groups is 2. The van der Waals surface area contributed by atoms with Gasteiger partial charge in [0.25, 0.3) is 11.8 Å². The Kier molecular flexibility index (Phi) is 8.65. The summed E-state index contributed by atoms with van der Waals surface area (Å²) in [5, 5.41) is 5.93. The van der Waals surface area contributed by atoms with E-state index in [9.17, 15) is 14.0 Å². The summed E-state index contributed by atoms with van der Waals surface area (Å²) in [6.07, 6.45) is -0.519. The minimum atomic E-state index is -1.45. The topological polar surface area (TPSA) is 115 Å². The number of aryl methyl sites for hydroxylation is 1. The van der Waals surface area contributed by atoms with Crippen LogP contribution >= 0.6 is 23.2 Å². The lowest BCUT2D eigenvalue weighted by molar-refractivity contribution is -0.117. The zero-order chi connectivity index (χ0) is 29.8. The van der Waals surface area contributed by atoms with Gasteiger partial charge in [0, 0.05) is 16.3 Å². The van der Waals surface area contributed by atoms with Crippen LogP contribution < -0.4 is 20.1 Å². The van der Waals surface area contributed by atoms with Gasteiger partial charge in [-0.3, -0.25) is 14.6 Å². The van der Waals surface area contributed by atoms with Crippen LogP contribution in [-0.4, -0.2) is 40.3 Å². The van der Waals surface area contributed by atoms with Crippen LogP contribution in [0.25, 0.3) is 0 Å². The van der Waals surface area contributed by atoms with E-state index in [0.717, 1.165) is 18.0 Å². The lowest BCUT2D eigenvalue weighted by atomic mass is 9.99. The molecule has 2 aromatic heterocycles. The molecule has 2 amide bonds. The van der Waals surface area contributed by atoms with Crippen molar-refractivity contribution in [2.75, 3.05) is 11.9 Å². The SMILES string of the molecule is CCOc1cc(Cl)cc(Cl)c1C1=NC(NC(=O)c2cc(F)cnc2OCc2cccc(C)n2)C(=O)Nc2ccccc21. The zero-order valence-corrected chi connectivity index (χ0v) is 24.0. The van der Waals surface area contributed by atoms with Crippen LogP contribution in [0.4, 0.5) is 10.1 Å². The smallest absolute Gasteiger partial charge is 0.269 e. The largest absolute Gasteiger partial charge is 0.493 e. The second kappa shape index (κ2) is 12.5. The Bertz CT molecular complexity index is 1720. The number of aliphatic imine (C=N–C) groups is 1. The van der Waals surface area contributed by atoms with Crippen molar-refractivity contribution < 1.29 is 23.5 Å². The first-order chi connectivity index (χ1) is 20.2. The van der Waals surface area contributed by atoms with Crippen LogP contribution in [0.1, 0.15) is 39.8 Å². The molecule has 1 aliphatic heterocycles. The number of para-hydroxylation sites is 1. The highest BCUT2D eigenvalue weighted by molar-refractivity contribution is 6.39. The molecular formula is C30H24Cl2FN5O4. The van der Waals surface area contributed by atoms with Crippen LogP contribution in [0.15, 0.2) is 71.9 Å². The van der Waals surface area contributed by atoms with Gasteiger partial charge in [-0.15, -0.1) is 0 Å². The van der Waals surface area contributed by atoms with Crippen LogP contribution in [0.5, 0.6) is 11.6 Å². The molecule has 3 heterocycles. The van der Waals surface area contributed by atoms with E-state index in [1.165, 1.54) is 6.07 Å². The van der Waals surface area contributed by atoms with E-state index >= 15 is 0 Å². The number of benzodiazepines with no additional fused rings is 1. The molecule has 0 saturated heterocycles. The van der Waals surface area contributed by atoms with Crippen molar-refractivity contribution in [3.05, 3.63) is 111 Å². The highest BCUT2D eigenvalue weighted by atomic mass is 35.5. The molecule has 0 saturated carbocycles. The number of anilines is 1. The van der Waals surface area contributed by atoms with E-state index in [1.807, 2.05) is 19.1 Å². The van der Waals surface area contributed by atoms with Gasteiger partial charge < -0.3 is 20.1 Å². The van der Waals surface area contributed by atoms with Crippen molar-refractivity contribution in [3.8, 4) is 11.6 Å². The Morgan fingerprint density at radius 3 is 2.69 bits per heavy atom. The van der Waals surface area contributed by atoms with Gasteiger partial charge in [-0.05, 0) is 50.2 Å². The standard InChI is InChI=1S/C30H24Cl2FN5O4/c1-3-41-24-12-17(31)11-22(32)25(24)26-20-9-4-5-10-23(20)36-29(40)27(37-26)38-28(39)21-13-18(33)14-34-30(21)42-15-19-8-6-7-16(2)35-19/h4-14,27H,3,15H2,1-2H3,(H,36,40)(H,38,39). The first-order valence-corrected chi connectivity index (χ1v) is 13.6. The summed E-state index contributed by atoms with van der Waals surface area (Å²) in [5.74, 6) is -2.03. The van der Waals surface area contributed by atoms with Gasteiger partial charge in [-0.1, -0.05) is 47.5 Å². The number of amides is 2. The molecule has 5 rings (SSSR count). The zero-order valence-electron chi connectivity index (χ0n) is 22.5. The van der Waals surface area contributed by atoms with E-state index in [2.05, 4.69) is 25.6 Å². The van der Waals surface area contributed by atoms with Gasteiger partial charge in [0.15, 0.2) is 0 Å². The second-order valence-corrected chi connectivity index (χ2v) is 9.99. The third kappa shape index (κ3) is 6.35. The third-order valence-corrected chi connectivity index (χ3v) is 6.65. The van der Waals surface area contributed by atoms with E-state index in [1.54, 1.807) is 43.3 Å². The van der Waals surface area contributed by atoms with Crippen molar-refractivity contribution in [2.24, 2.45) is 4.99 Å². The summed E-state index contributed by atoms with van der Waals surface area (Å²) in [6.45, 7) is 3.93. The van der Waals surface area contributed by atoms with Crippen LogP contribution in [-0.2, 0) is 11.4 Å². The maximum absolute atomic E-state index is 14.2. The summed E-state index contributed by atoms with van der Waals surface area (Å²) < 4.78 is 25.8. The number of carbonyl (C=O) groups excluding carboxylic acids is 2. The molecule has 9 nitrogen and oxygen atoms in total. The molecule has 0 spiro atoms. The van der Waals surface area contributed by atoms with E-state index in [0.29, 0.717) is 39.9 Å². The quantitative estimate of drug-likeness (QED) is 0.263. The normalized spacial score (nSPS) is 14.3. The van der Waals surface area contributed by atoms with Crippen molar-refractivity contribution in [2.45, 2.75) is 26.6 Å². The number of halogens is 3. The molecular weight excluding hydrogens is 584 g/mol. The summed E-state index contributed by atoms with van der Waals surface area (Å²) in [7, 11) is 0. The molecule has 2 N–H and O–H groups in total. The van der Waals surface area contributed by atoms with E-state index in [4.69, 9.17) is 32.7 Å². The fourth-order valence-corrected chi connectivity index (χ4v) is 4.90. The average Bonchev–Trinajstić information content (AvgIpc) is 3.08. The van der Waals surface area contributed by atoms with Gasteiger partial charge in [0.05, 0.1) is 40.5 Å². The highest BCUT2D eigenvalue weighted by Gasteiger charge is 2.31. The molecule has 12 heteroatoms. The van der Waals surface area contributed by atoms with E-state index in [-0.39, 0.29) is 28.8 Å². The number of hydrogen-bond acceptors (Lipinski definition) is 7. The number of hydrogen-bond donors (Lipinski definition) is 2. The maximum atomic E-state index is 14.2. The molecule has 0 aliphatic carbocycles.